The van der Waals surface area contributed by atoms with Crippen LogP contribution in [-0.2, 0) is 0 Å². The van der Waals surface area contributed by atoms with E-state index in [0.29, 0.717) is 0 Å². The number of thiophene rings is 1. The van der Waals surface area contributed by atoms with Gasteiger partial charge in [0.05, 0.1) is 4.88 Å². The number of rotatable bonds is 2. The van der Waals surface area contributed by atoms with Gasteiger partial charge >= 0.3 is 0 Å². The van der Waals surface area contributed by atoms with Crippen LogP contribution in [0.4, 0.5) is 0 Å². The summed E-state index contributed by atoms with van der Waals surface area (Å²) in [5.74, 6) is 0.131. The van der Waals surface area contributed by atoms with Gasteiger partial charge < -0.3 is 0 Å². The molecule has 1 nitrogen and oxygen atoms in total. The second kappa shape index (κ2) is 3.99. The molecule has 0 aliphatic rings. The van der Waals surface area contributed by atoms with E-state index < -0.39 is 0 Å². The number of carbonyl (C=O) groups excluding carboxylic acids is 1. The van der Waals surface area contributed by atoms with Crippen LogP contribution in [0.3, 0.4) is 0 Å². The highest BCUT2D eigenvalue weighted by atomic mass is 32.1. The Hall–Kier alpha value is -1.41. The standard InChI is InChI=1S/C13H12OS/c1-9-5-3-4-6-11(9)13(14)12-8-7-10(2)15-12/h3-8H,1-2H3. The highest BCUT2D eigenvalue weighted by molar-refractivity contribution is 7.14. The molecule has 2 aromatic rings. The van der Waals surface area contributed by atoms with Crippen LogP contribution in [0.25, 0.3) is 0 Å². The van der Waals surface area contributed by atoms with Gasteiger partial charge in [0.15, 0.2) is 0 Å². The van der Waals surface area contributed by atoms with E-state index in [1.165, 1.54) is 4.88 Å². The van der Waals surface area contributed by atoms with Crippen molar-refractivity contribution < 1.29 is 4.79 Å². The van der Waals surface area contributed by atoms with Gasteiger partial charge in [-0.2, -0.15) is 0 Å². The Bertz CT molecular complexity index is 497. The van der Waals surface area contributed by atoms with Gasteiger partial charge in [-0.25, -0.2) is 0 Å². The van der Waals surface area contributed by atoms with Gasteiger partial charge in [0.2, 0.25) is 5.78 Å². The maximum Gasteiger partial charge on any atom is 0.203 e. The summed E-state index contributed by atoms with van der Waals surface area (Å²) in [4.78, 5) is 14.1. The van der Waals surface area contributed by atoms with Gasteiger partial charge in [-0.3, -0.25) is 4.79 Å². The van der Waals surface area contributed by atoms with Crippen molar-refractivity contribution in [2.24, 2.45) is 0 Å². The Labute approximate surface area is 93.4 Å². The fraction of sp³-hybridized carbons (Fsp3) is 0.154. The third-order valence-electron chi connectivity index (χ3n) is 2.35. The molecule has 1 aromatic carbocycles. The van der Waals surface area contributed by atoms with E-state index in [0.717, 1.165) is 16.0 Å². The maximum absolute atomic E-state index is 12.1. The summed E-state index contributed by atoms with van der Waals surface area (Å²) in [5.41, 5.74) is 1.84. The lowest BCUT2D eigenvalue weighted by atomic mass is 10.0. The molecule has 0 N–H and O–H groups in total. The molecule has 0 saturated carbocycles. The molecule has 76 valence electrons. The first-order chi connectivity index (χ1) is 7.18. The zero-order valence-corrected chi connectivity index (χ0v) is 9.60. The molecule has 15 heavy (non-hydrogen) atoms. The minimum absolute atomic E-state index is 0.131. The second-order valence-corrected chi connectivity index (χ2v) is 4.84. The van der Waals surface area contributed by atoms with Crippen molar-refractivity contribution >= 4 is 17.1 Å². The van der Waals surface area contributed by atoms with Gasteiger partial charge in [0, 0.05) is 10.4 Å². The highest BCUT2D eigenvalue weighted by Crippen LogP contribution is 2.20. The quantitative estimate of drug-likeness (QED) is 0.701. The molecule has 1 heterocycles. The Morgan fingerprint density at radius 3 is 2.40 bits per heavy atom. The molecular formula is C13H12OS. The van der Waals surface area contributed by atoms with Crippen molar-refractivity contribution in [3.8, 4) is 0 Å². The van der Waals surface area contributed by atoms with Crippen LogP contribution in [0.15, 0.2) is 36.4 Å². The van der Waals surface area contributed by atoms with E-state index >= 15 is 0 Å². The van der Waals surface area contributed by atoms with Gasteiger partial charge in [0.1, 0.15) is 0 Å². The second-order valence-electron chi connectivity index (χ2n) is 3.55. The average Bonchev–Trinajstić information content (AvgIpc) is 2.65. The molecule has 0 fully saturated rings. The summed E-state index contributed by atoms with van der Waals surface area (Å²) >= 11 is 1.55. The zero-order valence-electron chi connectivity index (χ0n) is 8.78. The van der Waals surface area contributed by atoms with Crippen LogP contribution < -0.4 is 0 Å². The number of hydrogen-bond donors (Lipinski definition) is 0. The highest BCUT2D eigenvalue weighted by Gasteiger charge is 2.12. The first kappa shape index (κ1) is 10.1. The summed E-state index contributed by atoms with van der Waals surface area (Å²) in [7, 11) is 0. The van der Waals surface area contributed by atoms with Crippen molar-refractivity contribution in [1.82, 2.24) is 0 Å². The zero-order chi connectivity index (χ0) is 10.8. The SMILES string of the molecule is Cc1ccc(C(=O)c2ccccc2C)s1. The van der Waals surface area contributed by atoms with E-state index in [-0.39, 0.29) is 5.78 Å². The summed E-state index contributed by atoms with van der Waals surface area (Å²) in [6, 6.07) is 11.6. The van der Waals surface area contributed by atoms with Crippen molar-refractivity contribution in [2.75, 3.05) is 0 Å². The molecule has 0 spiro atoms. The van der Waals surface area contributed by atoms with Crippen LogP contribution >= 0.6 is 11.3 Å². The lowest BCUT2D eigenvalue weighted by Gasteiger charge is -2.01. The number of benzene rings is 1. The molecule has 2 heteroatoms. The van der Waals surface area contributed by atoms with E-state index in [9.17, 15) is 4.79 Å². The van der Waals surface area contributed by atoms with Crippen molar-refractivity contribution in [2.45, 2.75) is 13.8 Å². The largest absolute Gasteiger partial charge is 0.288 e. The van der Waals surface area contributed by atoms with E-state index in [2.05, 4.69) is 0 Å². The molecule has 0 aliphatic carbocycles. The average molecular weight is 216 g/mol. The molecule has 2 rings (SSSR count). The summed E-state index contributed by atoms with van der Waals surface area (Å²) in [5, 5.41) is 0. The number of aryl methyl sites for hydroxylation is 2. The molecule has 0 bridgehead atoms. The molecule has 0 amide bonds. The predicted molar refractivity (Wildman–Crippen MR) is 63.7 cm³/mol. The van der Waals surface area contributed by atoms with E-state index in [4.69, 9.17) is 0 Å². The summed E-state index contributed by atoms with van der Waals surface area (Å²) in [6.07, 6.45) is 0. The molecule has 0 unspecified atom stereocenters. The Morgan fingerprint density at radius 1 is 1.07 bits per heavy atom. The molecule has 1 aromatic heterocycles. The van der Waals surface area contributed by atoms with Crippen LogP contribution in [-0.4, -0.2) is 5.78 Å². The Balaban J connectivity index is 2.41. The first-order valence-electron chi connectivity index (χ1n) is 4.85. The third kappa shape index (κ3) is 2.00. The Kier molecular flexibility index (Phi) is 2.69. The molecule has 0 aliphatic heterocycles. The lowest BCUT2D eigenvalue weighted by molar-refractivity contribution is 0.104. The summed E-state index contributed by atoms with van der Waals surface area (Å²) < 4.78 is 0. The topological polar surface area (TPSA) is 17.1 Å². The predicted octanol–water partition coefficient (Wildman–Crippen LogP) is 3.60. The van der Waals surface area contributed by atoms with E-state index in [1.807, 2.05) is 50.2 Å². The monoisotopic (exact) mass is 216 g/mol. The van der Waals surface area contributed by atoms with Crippen LogP contribution in [0.1, 0.15) is 25.7 Å². The van der Waals surface area contributed by atoms with Crippen molar-refractivity contribution in [3.05, 3.63) is 57.3 Å². The summed E-state index contributed by atoms with van der Waals surface area (Å²) in [6.45, 7) is 3.98. The molecule has 0 radical (unpaired) electrons. The molecule has 0 atom stereocenters. The maximum atomic E-state index is 12.1. The molecular weight excluding hydrogens is 204 g/mol. The first-order valence-corrected chi connectivity index (χ1v) is 5.67. The van der Waals surface area contributed by atoms with Crippen LogP contribution in [0, 0.1) is 13.8 Å². The minimum atomic E-state index is 0.131. The van der Waals surface area contributed by atoms with Gasteiger partial charge in [0.25, 0.3) is 0 Å². The van der Waals surface area contributed by atoms with Gasteiger partial charge in [-0.15, -0.1) is 11.3 Å². The lowest BCUT2D eigenvalue weighted by Crippen LogP contribution is -2.00. The van der Waals surface area contributed by atoms with Crippen molar-refractivity contribution in [3.63, 3.8) is 0 Å². The third-order valence-corrected chi connectivity index (χ3v) is 3.35. The number of carbonyl (C=O) groups is 1. The van der Waals surface area contributed by atoms with Gasteiger partial charge in [-0.1, -0.05) is 24.3 Å². The fourth-order valence-electron chi connectivity index (χ4n) is 1.52. The number of hydrogen-bond acceptors (Lipinski definition) is 2. The van der Waals surface area contributed by atoms with Crippen molar-refractivity contribution in [1.29, 1.82) is 0 Å². The number of ketones is 1. The van der Waals surface area contributed by atoms with E-state index in [1.54, 1.807) is 11.3 Å². The normalized spacial score (nSPS) is 10.3. The molecule has 0 saturated heterocycles. The van der Waals surface area contributed by atoms with Crippen LogP contribution in [0.2, 0.25) is 0 Å². The minimum Gasteiger partial charge on any atom is -0.288 e. The van der Waals surface area contributed by atoms with Gasteiger partial charge in [-0.05, 0) is 31.5 Å². The fourth-order valence-corrected chi connectivity index (χ4v) is 2.34. The Morgan fingerprint density at radius 2 is 1.80 bits per heavy atom. The smallest absolute Gasteiger partial charge is 0.203 e. The van der Waals surface area contributed by atoms with Crippen LogP contribution in [0.5, 0.6) is 0 Å².